The van der Waals surface area contributed by atoms with Crippen molar-refractivity contribution >= 4 is 44.7 Å². The Hall–Kier alpha value is -1.14. The highest BCUT2D eigenvalue weighted by atomic mass is 79.9. The lowest BCUT2D eigenvalue weighted by Gasteiger charge is -2.34. The third-order valence-electron chi connectivity index (χ3n) is 4.02. The molecule has 0 aliphatic heterocycles. The Morgan fingerprint density at radius 2 is 2.05 bits per heavy atom. The fourth-order valence-corrected chi connectivity index (χ4v) is 3.57. The smallest absolute Gasteiger partial charge is 0.237 e. The summed E-state index contributed by atoms with van der Waals surface area (Å²) >= 11 is 8.58. The molecule has 0 heterocycles. The van der Waals surface area contributed by atoms with E-state index >= 15 is 0 Å². The van der Waals surface area contributed by atoms with Crippen molar-refractivity contribution in [3.8, 4) is 5.75 Å². The van der Waals surface area contributed by atoms with Crippen LogP contribution in [0.3, 0.4) is 0 Å². The van der Waals surface area contributed by atoms with Crippen molar-refractivity contribution in [1.82, 2.24) is 0 Å². The number of methoxy groups -OCH3 is 1. The SMILES string of the molecule is COc1ccc(NC(=O)C2(C(N)=S)CCCCC2)cc1Br. The lowest BCUT2D eigenvalue weighted by atomic mass is 9.73. The monoisotopic (exact) mass is 370 g/mol. The molecular formula is C15H19BrN2O2S. The van der Waals surface area contributed by atoms with Crippen molar-refractivity contribution in [2.24, 2.45) is 11.1 Å². The molecule has 0 aromatic heterocycles. The zero-order valence-corrected chi connectivity index (χ0v) is 14.4. The molecule has 1 saturated carbocycles. The molecule has 1 amide bonds. The van der Waals surface area contributed by atoms with Gasteiger partial charge in [-0.2, -0.15) is 0 Å². The van der Waals surface area contributed by atoms with Gasteiger partial charge in [0.1, 0.15) is 5.75 Å². The number of nitrogens with two attached hydrogens (primary N) is 1. The molecule has 1 aliphatic rings. The van der Waals surface area contributed by atoms with Crippen LogP contribution in [0.2, 0.25) is 0 Å². The zero-order chi connectivity index (χ0) is 15.5. The Bertz CT molecular complexity index is 557. The predicted octanol–water partition coefficient (Wildman–Crippen LogP) is 3.63. The Morgan fingerprint density at radius 3 is 2.57 bits per heavy atom. The van der Waals surface area contributed by atoms with Gasteiger partial charge in [0.05, 0.1) is 22.0 Å². The molecule has 0 radical (unpaired) electrons. The van der Waals surface area contributed by atoms with Crippen molar-refractivity contribution in [2.45, 2.75) is 32.1 Å². The molecule has 1 fully saturated rings. The molecule has 0 bridgehead atoms. The average molecular weight is 371 g/mol. The van der Waals surface area contributed by atoms with Crippen molar-refractivity contribution < 1.29 is 9.53 Å². The van der Waals surface area contributed by atoms with Crippen LogP contribution in [0.5, 0.6) is 5.75 Å². The summed E-state index contributed by atoms with van der Waals surface area (Å²) in [5.41, 5.74) is 5.87. The summed E-state index contributed by atoms with van der Waals surface area (Å²) in [4.78, 5) is 13.0. The Kier molecular flexibility index (Phi) is 5.22. The highest BCUT2D eigenvalue weighted by Gasteiger charge is 2.42. The third kappa shape index (κ3) is 3.37. The average Bonchev–Trinajstić information content (AvgIpc) is 2.48. The largest absolute Gasteiger partial charge is 0.496 e. The number of thiocarbonyl (C=S) groups is 1. The maximum absolute atomic E-state index is 12.7. The van der Waals surface area contributed by atoms with Gasteiger partial charge in [0.25, 0.3) is 0 Å². The van der Waals surface area contributed by atoms with Gasteiger partial charge in [-0.1, -0.05) is 31.5 Å². The van der Waals surface area contributed by atoms with Crippen LogP contribution < -0.4 is 15.8 Å². The van der Waals surface area contributed by atoms with Gasteiger partial charge in [-0.3, -0.25) is 4.79 Å². The highest BCUT2D eigenvalue weighted by Crippen LogP contribution is 2.38. The number of nitrogens with one attached hydrogen (secondary N) is 1. The van der Waals surface area contributed by atoms with Gasteiger partial charge in [0.2, 0.25) is 5.91 Å². The maximum Gasteiger partial charge on any atom is 0.237 e. The molecule has 6 heteroatoms. The minimum absolute atomic E-state index is 0.105. The lowest BCUT2D eigenvalue weighted by molar-refractivity contribution is -0.123. The van der Waals surface area contributed by atoms with Crippen LogP contribution in [0.4, 0.5) is 5.69 Å². The van der Waals surface area contributed by atoms with Crippen LogP contribution >= 0.6 is 28.1 Å². The van der Waals surface area contributed by atoms with Crippen molar-refractivity contribution in [2.75, 3.05) is 12.4 Å². The van der Waals surface area contributed by atoms with Gasteiger partial charge in [0.15, 0.2) is 0 Å². The van der Waals surface area contributed by atoms with Gasteiger partial charge in [-0.15, -0.1) is 0 Å². The normalized spacial score (nSPS) is 17.0. The number of carbonyl (C=O) groups excluding carboxylic acids is 1. The number of hydrogen-bond donors (Lipinski definition) is 2. The van der Waals surface area contributed by atoms with Crippen molar-refractivity contribution in [3.05, 3.63) is 22.7 Å². The third-order valence-corrected chi connectivity index (χ3v) is 5.03. The molecule has 0 spiro atoms. The number of ether oxygens (including phenoxy) is 1. The molecule has 1 aromatic carbocycles. The van der Waals surface area contributed by atoms with E-state index < -0.39 is 5.41 Å². The van der Waals surface area contributed by atoms with Crippen LogP contribution in [0.25, 0.3) is 0 Å². The van der Waals surface area contributed by atoms with Crippen LogP contribution in [0.15, 0.2) is 22.7 Å². The summed E-state index contributed by atoms with van der Waals surface area (Å²) in [5, 5.41) is 2.93. The summed E-state index contributed by atoms with van der Waals surface area (Å²) in [6.45, 7) is 0. The molecule has 4 nitrogen and oxygen atoms in total. The molecule has 114 valence electrons. The molecule has 1 aromatic rings. The molecule has 0 saturated heterocycles. The summed E-state index contributed by atoms with van der Waals surface area (Å²) in [6, 6.07) is 5.42. The van der Waals surface area contributed by atoms with Crippen LogP contribution in [-0.4, -0.2) is 18.0 Å². The van der Waals surface area contributed by atoms with E-state index in [0.29, 0.717) is 10.7 Å². The van der Waals surface area contributed by atoms with Gasteiger partial charge in [-0.05, 0) is 47.0 Å². The fourth-order valence-electron chi connectivity index (χ4n) is 2.74. The second-order valence-electron chi connectivity index (χ2n) is 5.31. The first-order chi connectivity index (χ1) is 9.99. The van der Waals surface area contributed by atoms with Gasteiger partial charge >= 0.3 is 0 Å². The predicted molar refractivity (Wildman–Crippen MR) is 91.6 cm³/mol. The number of amides is 1. The molecule has 1 aliphatic carbocycles. The second kappa shape index (κ2) is 6.75. The molecular weight excluding hydrogens is 352 g/mol. The molecule has 21 heavy (non-hydrogen) atoms. The van der Waals surface area contributed by atoms with E-state index in [2.05, 4.69) is 21.2 Å². The number of hydrogen-bond acceptors (Lipinski definition) is 3. The first-order valence-corrected chi connectivity index (χ1v) is 8.14. The molecule has 0 unspecified atom stereocenters. The standard InChI is InChI=1S/C15H19BrN2O2S/c1-20-12-6-5-10(9-11(12)16)18-14(19)15(13(17)21)7-3-2-4-8-15/h5-6,9H,2-4,7-8H2,1H3,(H2,17,21)(H,18,19). The fraction of sp³-hybridized carbons (Fsp3) is 0.467. The van der Waals surface area contributed by atoms with E-state index in [-0.39, 0.29) is 5.91 Å². The van der Waals surface area contributed by atoms with Crippen LogP contribution in [0, 0.1) is 5.41 Å². The Balaban J connectivity index is 2.19. The highest BCUT2D eigenvalue weighted by molar-refractivity contribution is 9.10. The van der Waals surface area contributed by atoms with E-state index in [1.54, 1.807) is 19.2 Å². The van der Waals surface area contributed by atoms with Crippen LogP contribution in [0.1, 0.15) is 32.1 Å². The first-order valence-electron chi connectivity index (χ1n) is 6.94. The Morgan fingerprint density at radius 1 is 1.38 bits per heavy atom. The first kappa shape index (κ1) is 16.2. The second-order valence-corrected chi connectivity index (χ2v) is 6.60. The number of benzene rings is 1. The number of anilines is 1. The van der Waals surface area contributed by atoms with E-state index in [0.717, 1.165) is 42.3 Å². The minimum atomic E-state index is -0.708. The summed E-state index contributed by atoms with van der Waals surface area (Å²) in [5.74, 6) is 0.612. The Labute approximate surface area is 138 Å². The number of carbonyl (C=O) groups is 1. The summed E-state index contributed by atoms with van der Waals surface area (Å²) in [7, 11) is 1.60. The van der Waals surface area contributed by atoms with Crippen molar-refractivity contribution in [1.29, 1.82) is 0 Å². The summed E-state index contributed by atoms with van der Waals surface area (Å²) < 4.78 is 5.97. The van der Waals surface area contributed by atoms with Crippen LogP contribution in [-0.2, 0) is 4.79 Å². The number of halogens is 1. The minimum Gasteiger partial charge on any atom is -0.496 e. The van der Waals surface area contributed by atoms with Gasteiger partial charge in [0, 0.05) is 5.69 Å². The molecule has 3 N–H and O–H groups in total. The summed E-state index contributed by atoms with van der Waals surface area (Å²) in [6.07, 6.45) is 4.55. The van der Waals surface area contributed by atoms with E-state index in [1.807, 2.05) is 6.07 Å². The molecule has 2 rings (SSSR count). The lowest BCUT2D eigenvalue weighted by Crippen LogP contribution is -2.47. The maximum atomic E-state index is 12.7. The quantitative estimate of drug-likeness (QED) is 0.794. The van der Waals surface area contributed by atoms with E-state index in [4.69, 9.17) is 22.7 Å². The topological polar surface area (TPSA) is 64.3 Å². The van der Waals surface area contributed by atoms with Gasteiger partial charge < -0.3 is 15.8 Å². The molecule has 0 atom stereocenters. The zero-order valence-electron chi connectivity index (χ0n) is 11.9. The van der Waals surface area contributed by atoms with E-state index in [9.17, 15) is 4.79 Å². The number of rotatable bonds is 4. The van der Waals surface area contributed by atoms with E-state index in [1.165, 1.54) is 0 Å². The van der Waals surface area contributed by atoms with Gasteiger partial charge in [-0.25, -0.2) is 0 Å². The van der Waals surface area contributed by atoms with Crippen molar-refractivity contribution in [3.63, 3.8) is 0 Å².